The number of nitrogens with one attached hydrogen (secondary N) is 2. The number of hydrogen-bond acceptors (Lipinski definition) is 5. The van der Waals surface area contributed by atoms with Crippen LogP contribution in [0.4, 0.5) is 4.79 Å². The minimum absolute atomic E-state index is 0.0616. The van der Waals surface area contributed by atoms with E-state index < -0.39 is 30.0 Å². The van der Waals surface area contributed by atoms with Gasteiger partial charge in [-0.05, 0) is 28.8 Å². The van der Waals surface area contributed by atoms with E-state index >= 15 is 0 Å². The van der Waals surface area contributed by atoms with Crippen LogP contribution in [0.1, 0.15) is 16.7 Å². The normalized spacial score (nSPS) is 12.1. The molecule has 0 aliphatic heterocycles. The lowest BCUT2D eigenvalue weighted by Gasteiger charge is -2.22. The summed E-state index contributed by atoms with van der Waals surface area (Å²) < 4.78 is 10.5. The molecule has 4 N–H and O–H groups in total. The van der Waals surface area contributed by atoms with Gasteiger partial charge in [-0.15, -0.1) is 0 Å². The summed E-state index contributed by atoms with van der Waals surface area (Å²) in [5.41, 5.74) is 7.99. The fraction of sp³-hybridized carbons (Fsp3) is 0.222. The first-order valence-electron chi connectivity index (χ1n) is 11.2. The molecule has 0 unspecified atom stereocenters. The Morgan fingerprint density at radius 2 is 1.37 bits per heavy atom. The highest BCUT2D eigenvalue weighted by Crippen LogP contribution is 2.14. The van der Waals surface area contributed by atoms with Crippen LogP contribution in [-0.2, 0) is 33.8 Å². The molecule has 3 aromatic rings. The van der Waals surface area contributed by atoms with E-state index in [1.54, 1.807) is 25.3 Å². The largest absolute Gasteiger partial charge is 0.497 e. The Balaban J connectivity index is 1.69. The van der Waals surface area contributed by atoms with Gasteiger partial charge in [0.25, 0.3) is 0 Å². The van der Waals surface area contributed by atoms with Crippen LogP contribution in [0.15, 0.2) is 84.9 Å². The number of primary amides is 1. The molecule has 0 spiro atoms. The van der Waals surface area contributed by atoms with Crippen LogP contribution in [0.3, 0.4) is 0 Å². The highest BCUT2D eigenvalue weighted by atomic mass is 16.5. The van der Waals surface area contributed by atoms with Crippen molar-refractivity contribution in [3.8, 4) is 5.75 Å². The molecular weight excluding hydrogens is 446 g/mol. The number of amides is 3. The summed E-state index contributed by atoms with van der Waals surface area (Å²) in [6.07, 6.45) is -0.361. The van der Waals surface area contributed by atoms with Crippen molar-refractivity contribution in [3.63, 3.8) is 0 Å². The molecule has 0 radical (unpaired) electrons. The first-order valence-corrected chi connectivity index (χ1v) is 11.2. The molecule has 0 aliphatic rings. The molecule has 35 heavy (non-hydrogen) atoms. The number of carbonyl (C=O) groups excluding carboxylic acids is 3. The molecule has 8 nitrogen and oxygen atoms in total. The van der Waals surface area contributed by atoms with Crippen molar-refractivity contribution < 1.29 is 23.9 Å². The van der Waals surface area contributed by atoms with Gasteiger partial charge in [-0.3, -0.25) is 9.59 Å². The zero-order valence-electron chi connectivity index (χ0n) is 19.5. The number of alkyl carbamates (subject to hydrolysis) is 1. The highest BCUT2D eigenvalue weighted by Gasteiger charge is 2.27. The topological polar surface area (TPSA) is 120 Å². The maximum Gasteiger partial charge on any atom is 0.408 e. The van der Waals surface area contributed by atoms with E-state index in [9.17, 15) is 14.4 Å². The minimum atomic E-state index is -0.979. The molecule has 3 aromatic carbocycles. The summed E-state index contributed by atoms with van der Waals surface area (Å²) >= 11 is 0. The molecular formula is C27H29N3O5. The van der Waals surface area contributed by atoms with Gasteiger partial charge in [-0.2, -0.15) is 0 Å². The van der Waals surface area contributed by atoms with E-state index in [-0.39, 0.29) is 19.4 Å². The third kappa shape index (κ3) is 8.19. The van der Waals surface area contributed by atoms with Gasteiger partial charge in [0, 0.05) is 12.8 Å². The molecule has 0 aliphatic carbocycles. The van der Waals surface area contributed by atoms with E-state index in [1.165, 1.54) is 0 Å². The molecule has 0 saturated carbocycles. The average Bonchev–Trinajstić information content (AvgIpc) is 2.88. The van der Waals surface area contributed by atoms with Crippen LogP contribution in [-0.4, -0.2) is 37.1 Å². The Morgan fingerprint density at radius 1 is 0.771 bits per heavy atom. The number of rotatable bonds is 11. The molecule has 0 fully saturated rings. The molecule has 0 heterocycles. The lowest BCUT2D eigenvalue weighted by atomic mass is 10.0. The second-order valence-electron chi connectivity index (χ2n) is 7.97. The second kappa shape index (κ2) is 12.8. The van der Waals surface area contributed by atoms with Gasteiger partial charge in [0.05, 0.1) is 7.11 Å². The van der Waals surface area contributed by atoms with Crippen LogP contribution >= 0.6 is 0 Å². The number of hydrogen-bond donors (Lipinski definition) is 3. The zero-order chi connectivity index (χ0) is 25.0. The van der Waals surface area contributed by atoms with Crippen molar-refractivity contribution in [2.75, 3.05) is 7.11 Å². The number of nitrogens with two attached hydrogens (primary N) is 1. The summed E-state index contributed by atoms with van der Waals surface area (Å²) in [4.78, 5) is 37.8. The molecule has 0 saturated heterocycles. The van der Waals surface area contributed by atoms with Crippen LogP contribution in [0, 0.1) is 0 Å². The predicted molar refractivity (Wildman–Crippen MR) is 132 cm³/mol. The number of benzene rings is 3. The van der Waals surface area contributed by atoms with Crippen LogP contribution in [0.5, 0.6) is 5.75 Å². The van der Waals surface area contributed by atoms with E-state index in [4.69, 9.17) is 15.2 Å². The lowest BCUT2D eigenvalue weighted by Crippen LogP contribution is -2.54. The van der Waals surface area contributed by atoms with Gasteiger partial charge in [0.2, 0.25) is 11.8 Å². The quantitative estimate of drug-likeness (QED) is 0.394. The fourth-order valence-corrected chi connectivity index (χ4v) is 3.50. The number of methoxy groups -OCH3 is 1. The van der Waals surface area contributed by atoms with Crippen LogP contribution in [0.2, 0.25) is 0 Å². The van der Waals surface area contributed by atoms with Gasteiger partial charge in [-0.1, -0.05) is 72.8 Å². The zero-order valence-corrected chi connectivity index (χ0v) is 19.5. The van der Waals surface area contributed by atoms with Crippen molar-refractivity contribution >= 4 is 17.9 Å². The fourth-order valence-electron chi connectivity index (χ4n) is 3.50. The summed E-state index contributed by atoms with van der Waals surface area (Å²) in [6.45, 7) is 0.0616. The highest BCUT2D eigenvalue weighted by molar-refractivity contribution is 5.91. The molecule has 3 amide bonds. The van der Waals surface area contributed by atoms with Gasteiger partial charge < -0.3 is 25.8 Å². The monoisotopic (exact) mass is 475 g/mol. The first-order chi connectivity index (χ1) is 16.9. The van der Waals surface area contributed by atoms with E-state index in [0.717, 1.165) is 16.7 Å². The van der Waals surface area contributed by atoms with Crippen molar-refractivity contribution in [2.24, 2.45) is 5.73 Å². The summed E-state index contributed by atoms with van der Waals surface area (Å²) in [6, 6.07) is 23.6. The Labute approximate surface area is 204 Å². The van der Waals surface area contributed by atoms with Gasteiger partial charge >= 0.3 is 6.09 Å². The Bertz CT molecular complexity index is 1120. The summed E-state index contributed by atoms with van der Waals surface area (Å²) in [5, 5.41) is 5.29. The van der Waals surface area contributed by atoms with Crippen molar-refractivity contribution in [1.29, 1.82) is 0 Å². The smallest absolute Gasteiger partial charge is 0.408 e. The molecule has 2 atom stereocenters. The first kappa shape index (κ1) is 25.3. The Kier molecular flexibility index (Phi) is 9.24. The Morgan fingerprint density at radius 3 is 2.00 bits per heavy atom. The van der Waals surface area contributed by atoms with E-state index in [1.807, 2.05) is 66.7 Å². The van der Waals surface area contributed by atoms with Crippen LogP contribution < -0.4 is 21.1 Å². The minimum Gasteiger partial charge on any atom is -0.497 e. The number of ether oxygens (including phenoxy) is 2. The van der Waals surface area contributed by atoms with Crippen molar-refractivity contribution in [1.82, 2.24) is 10.6 Å². The standard InChI is InChI=1S/C27H29N3O5/c1-34-22-14-8-13-21(15-22)17-23(25(28)31)29-26(32)24(16-19-9-4-2-5-10-19)30-27(33)35-18-20-11-6-3-7-12-20/h2-15,23-24H,16-18H2,1H3,(H2,28,31)(H,29,32)(H,30,33)/t23-,24-/m1/s1. The molecule has 0 bridgehead atoms. The average molecular weight is 476 g/mol. The third-order valence-electron chi connectivity index (χ3n) is 5.34. The third-order valence-corrected chi connectivity index (χ3v) is 5.34. The molecule has 0 aromatic heterocycles. The maximum absolute atomic E-state index is 13.2. The van der Waals surface area contributed by atoms with Gasteiger partial charge in [-0.25, -0.2) is 4.79 Å². The SMILES string of the molecule is COc1cccc(C[C@@H](NC(=O)[C@@H](Cc2ccccc2)NC(=O)OCc2ccccc2)C(N)=O)c1. The van der Waals surface area contributed by atoms with E-state index in [2.05, 4.69) is 10.6 Å². The van der Waals surface area contributed by atoms with Crippen molar-refractivity contribution in [3.05, 3.63) is 102 Å². The van der Waals surface area contributed by atoms with Gasteiger partial charge in [0.15, 0.2) is 0 Å². The van der Waals surface area contributed by atoms with Crippen molar-refractivity contribution in [2.45, 2.75) is 31.5 Å². The maximum atomic E-state index is 13.2. The van der Waals surface area contributed by atoms with Crippen LogP contribution in [0.25, 0.3) is 0 Å². The summed E-state index contributed by atoms with van der Waals surface area (Å²) in [7, 11) is 1.54. The lowest BCUT2D eigenvalue weighted by molar-refractivity contribution is -0.128. The van der Waals surface area contributed by atoms with Gasteiger partial charge in [0.1, 0.15) is 24.4 Å². The molecule has 3 rings (SSSR count). The molecule has 182 valence electrons. The predicted octanol–water partition coefficient (Wildman–Crippen LogP) is 2.75. The van der Waals surface area contributed by atoms with E-state index in [0.29, 0.717) is 5.75 Å². The molecule has 8 heteroatoms. The summed E-state index contributed by atoms with van der Waals surface area (Å²) in [5.74, 6) is -0.606. The second-order valence-corrected chi connectivity index (χ2v) is 7.97. The Hall–Kier alpha value is -4.33. The number of carbonyl (C=O) groups is 3.